The normalized spacial score (nSPS) is 18.2. The van der Waals surface area contributed by atoms with Crippen molar-refractivity contribution in [1.82, 2.24) is 9.91 Å². The van der Waals surface area contributed by atoms with Gasteiger partial charge in [0.2, 0.25) is 0 Å². The van der Waals surface area contributed by atoms with Crippen LogP contribution in [0.4, 0.5) is 0 Å². The van der Waals surface area contributed by atoms with Crippen molar-refractivity contribution in [3.05, 3.63) is 12.4 Å². The number of nitrogens with two attached hydrogens (primary N) is 1. The summed E-state index contributed by atoms with van der Waals surface area (Å²) in [5.41, 5.74) is 0. The van der Waals surface area contributed by atoms with Crippen LogP contribution in [-0.4, -0.2) is 23.1 Å². The molecular formula is C5H11N3. The minimum absolute atomic E-state index is 0.830. The lowest BCUT2D eigenvalue weighted by atomic mass is 10.6. The number of hydrazine groups is 1. The van der Waals surface area contributed by atoms with E-state index in [4.69, 9.17) is 5.84 Å². The van der Waals surface area contributed by atoms with Crippen molar-refractivity contribution in [3.63, 3.8) is 0 Å². The van der Waals surface area contributed by atoms with Gasteiger partial charge in [-0.1, -0.05) is 0 Å². The van der Waals surface area contributed by atoms with E-state index in [0.717, 1.165) is 13.2 Å². The van der Waals surface area contributed by atoms with Crippen LogP contribution >= 0.6 is 0 Å². The number of hydrogen-bond acceptors (Lipinski definition) is 3. The first-order valence-electron chi connectivity index (χ1n) is 2.76. The Kier molecular flexibility index (Phi) is 1.39. The average Bonchev–Trinajstić information content (AvgIpc) is 2.14. The maximum absolute atomic E-state index is 5.41. The lowest BCUT2D eigenvalue weighted by molar-refractivity contribution is 0.279. The molecular weight excluding hydrogens is 102 g/mol. The maximum Gasteiger partial charge on any atom is 0.104 e. The zero-order valence-corrected chi connectivity index (χ0v) is 5.04. The van der Waals surface area contributed by atoms with Gasteiger partial charge in [0, 0.05) is 18.9 Å². The third-order valence-electron chi connectivity index (χ3n) is 1.22. The van der Waals surface area contributed by atoms with Gasteiger partial charge in [-0.25, -0.2) is 5.84 Å². The number of hydrogen-bond donors (Lipinski definition) is 1. The molecule has 0 atom stereocenters. The van der Waals surface area contributed by atoms with Gasteiger partial charge in [-0.05, 0) is 6.92 Å². The minimum atomic E-state index is 0.830. The molecule has 0 aromatic carbocycles. The topological polar surface area (TPSA) is 32.5 Å². The molecule has 0 fully saturated rings. The molecule has 0 aromatic rings. The lowest BCUT2D eigenvalue weighted by Crippen LogP contribution is -2.29. The molecule has 0 bridgehead atoms. The molecule has 0 aliphatic carbocycles. The van der Waals surface area contributed by atoms with Crippen LogP contribution in [-0.2, 0) is 0 Å². The van der Waals surface area contributed by atoms with E-state index < -0.39 is 0 Å². The van der Waals surface area contributed by atoms with Crippen molar-refractivity contribution >= 4 is 0 Å². The molecule has 0 saturated carbocycles. The van der Waals surface area contributed by atoms with Crippen molar-refractivity contribution in [2.24, 2.45) is 5.84 Å². The van der Waals surface area contributed by atoms with Crippen molar-refractivity contribution in [3.8, 4) is 0 Å². The largest absolute Gasteiger partial charge is 0.358 e. The Balaban J connectivity index is 2.34. The summed E-state index contributed by atoms with van der Waals surface area (Å²) >= 11 is 0. The molecule has 0 aromatic heterocycles. The molecule has 2 N–H and O–H groups in total. The van der Waals surface area contributed by atoms with Crippen LogP contribution in [0.1, 0.15) is 6.92 Å². The third kappa shape index (κ3) is 0.924. The van der Waals surface area contributed by atoms with Gasteiger partial charge >= 0.3 is 0 Å². The van der Waals surface area contributed by atoms with E-state index in [1.807, 2.05) is 12.4 Å². The number of rotatable bonds is 1. The number of nitrogens with zero attached hydrogens (tertiary/aromatic N) is 2. The predicted molar refractivity (Wildman–Crippen MR) is 32.4 cm³/mol. The standard InChI is InChI=1S/C5H11N3/c1-2-7-3-4-8(6)5-7/h3-4H,2,5-6H2,1H3. The average molecular weight is 113 g/mol. The van der Waals surface area contributed by atoms with Gasteiger partial charge in [0.05, 0.1) is 0 Å². The highest BCUT2D eigenvalue weighted by Gasteiger charge is 2.03. The van der Waals surface area contributed by atoms with Gasteiger partial charge in [-0.3, -0.25) is 5.01 Å². The van der Waals surface area contributed by atoms with Crippen molar-refractivity contribution in [1.29, 1.82) is 0 Å². The van der Waals surface area contributed by atoms with Crippen LogP contribution in [0.25, 0.3) is 0 Å². The molecule has 0 radical (unpaired) electrons. The summed E-state index contributed by atoms with van der Waals surface area (Å²) in [7, 11) is 0. The monoisotopic (exact) mass is 113 g/mol. The summed E-state index contributed by atoms with van der Waals surface area (Å²) < 4.78 is 0. The fourth-order valence-corrected chi connectivity index (χ4v) is 0.689. The quantitative estimate of drug-likeness (QED) is 0.483. The zero-order chi connectivity index (χ0) is 5.98. The highest BCUT2D eigenvalue weighted by atomic mass is 15.5. The SMILES string of the molecule is CCN1C=CN(N)C1. The van der Waals surface area contributed by atoms with Crippen LogP contribution in [0.2, 0.25) is 0 Å². The van der Waals surface area contributed by atoms with Crippen LogP contribution in [0.5, 0.6) is 0 Å². The first-order chi connectivity index (χ1) is 3.83. The summed E-state index contributed by atoms with van der Waals surface area (Å²) in [4.78, 5) is 2.12. The first-order valence-corrected chi connectivity index (χ1v) is 2.76. The van der Waals surface area contributed by atoms with E-state index >= 15 is 0 Å². The molecule has 0 amide bonds. The van der Waals surface area contributed by atoms with E-state index in [2.05, 4.69) is 11.8 Å². The Morgan fingerprint density at radius 1 is 1.62 bits per heavy atom. The van der Waals surface area contributed by atoms with E-state index in [0.29, 0.717) is 0 Å². The van der Waals surface area contributed by atoms with Gasteiger partial charge in [-0.15, -0.1) is 0 Å². The van der Waals surface area contributed by atoms with Crippen molar-refractivity contribution in [2.75, 3.05) is 13.2 Å². The smallest absolute Gasteiger partial charge is 0.104 e. The Morgan fingerprint density at radius 3 is 2.62 bits per heavy atom. The molecule has 0 spiro atoms. The highest BCUT2D eigenvalue weighted by molar-refractivity contribution is 4.86. The molecule has 46 valence electrons. The van der Waals surface area contributed by atoms with Gasteiger partial charge in [-0.2, -0.15) is 0 Å². The molecule has 0 unspecified atom stereocenters. The molecule has 1 heterocycles. The molecule has 1 aliphatic rings. The first kappa shape index (κ1) is 5.44. The van der Waals surface area contributed by atoms with Crippen molar-refractivity contribution < 1.29 is 0 Å². The van der Waals surface area contributed by atoms with Crippen LogP contribution < -0.4 is 5.84 Å². The maximum atomic E-state index is 5.41. The second-order valence-corrected chi connectivity index (χ2v) is 1.86. The molecule has 1 rings (SSSR count). The second kappa shape index (κ2) is 2.05. The summed E-state index contributed by atoms with van der Waals surface area (Å²) in [6.07, 6.45) is 3.85. The van der Waals surface area contributed by atoms with Crippen molar-refractivity contribution in [2.45, 2.75) is 6.92 Å². The minimum Gasteiger partial charge on any atom is -0.358 e. The van der Waals surface area contributed by atoms with E-state index in [-0.39, 0.29) is 0 Å². The fourth-order valence-electron chi connectivity index (χ4n) is 0.689. The Labute approximate surface area is 49.3 Å². The summed E-state index contributed by atoms with van der Waals surface area (Å²) in [5.74, 6) is 5.41. The lowest BCUT2D eigenvalue weighted by Gasteiger charge is -2.14. The Morgan fingerprint density at radius 2 is 2.38 bits per heavy atom. The van der Waals surface area contributed by atoms with Gasteiger partial charge in [0.15, 0.2) is 0 Å². The molecule has 8 heavy (non-hydrogen) atoms. The molecule has 0 saturated heterocycles. The second-order valence-electron chi connectivity index (χ2n) is 1.86. The van der Waals surface area contributed by atoms with Gasteiger partial charge in [0.1, 0.15) is 6.67 Å². The fraction of sp³-hybridized carbons (Fsp3) is 0.600. The van der Waals surface area contributed by atoms with Gasteiger partial charge in [0.25, 0.3) is 0 Å². The predicted octanol–water partition coefficient (Wildman–Crippen LogP) is -0.0737. The Bertz CT molecular complexity index is 99.8. The Hall–Kier alpha value is -0.700. The molecule has 3 nitrogen and oxygen atoms in total. The third-order valence-corrected chi connectivity index (χ3v) is 1.22. The zero-order valence-electron chi connectivity index (χ0n) is 5.04. The highest BCUT2D eigenvalue weighted by Crippen LogP contribution is 1.98. The van der Waals surface area contributed by atoms with Crippen LogP contribution in [0, 0.1) is 0 Å². The van der Waals surface area contributed by atoms with E-state index in [9.17, 15) is 0 Å². The summed E-state index contributed by atoms with van der Waals surface area (Å²) in [6, 6.07) is 0. The van der Waals surface area contributed by atoms with E-state index in [1.54, 1.807) is 5.01 Å². The molecule has 3 heteroatoms. The van der Waals surface area contributed by atoms with Crippen LogP contribution in [0.3, 0.4) is 0 Å². The summed E-state index contributed by atoms with van der Waals surface area (Å²) in [5, 5.41) is 1.66. The van der Waals surface area contributed by atoms with E-state index in [1.165, 1.54) is 0 Å². The van der Waals surface area contributed by atoms with Crippen LogP contribution in [0.15, 0.2) is 12.4 Å². The van der Waals surface area contributed by atoms with Gasteiger partial charge < -0.3 is 4.90 Å². The molecule has 1 aliphatic heterocycles. The summed E-state index contributed by atoms with van der Waals surface area (Å²) in [6.45, 7) is 3.96.